The summed E-state index contributed by atoms with van der Waals surface area (Å²) in [5, 5.41) is 3.53. The smallest absolute Gasteiger partial charge is 0.337 e. The van der Waals surface area contributed by atoms with Crippen molar-refractivity contribution in [1.82, 2.24) is 9.88 Å². The maximum absolute atomic E-state index is 12.6. The summed E-state index contributed by atoms with van der Waals surface area (Å²) in [6.45, 7) is 2.19. The first-order chi connectivity index (χ1) is 12.6. The number of carbonyl (C=O) groups is 2. The van der Waals surface area contributed by atoms with Crippen molar-refractivity contribution in [1.29, 1.82) is 0 Å². The van der Waals surface area contributed by atoms with Gasteiger partial charge in [0.1, 0.15) is 0 Å². The summed E-state index contributed by atoms with van der Waals surface area (Å²) in [4.78, 5) is 30.1. The Morgan fingerprint density at radius 3 is 2.69 bits per heavy atom. The van der Waals surface area contributed by atoms with Gasteiger partial charge in [-0.1, -0.05) is 11.6 Å². The van der Waals surface area contributed by atoms with E-state index >= 15 is 0 Å². The number of nitrogens with zero attached hydrogens (tertiary/aromatic N) is 2. The molecular formula is C18H18ClN3O4. The summed E-state index contributed by atoms with van der Waals surface area (Å²) in [6, 6.07) is 6.47. The number of ether oxygens (including phenoxy) is 2. The minimum atomic E-state index is -0.459. The van der Waals surface area contributed by atoms with E-state index in [9.17, 15) is 9.59 Å². The second-order valence-corrected chi connectivity index (χ2v) is 6.09. The van der Waals surface area contributed by atoms with E-state index in [0.29, 0.717) is 53.8 Å². The van der Waals surface area contributed by atoms with E-state index in [1.165, 1.54) is 13.3 Å². The summed E-state index contributed by atoms with van der Waals surface area (Å²) in [5.41, 5.74) is 1.95. The third-order valence-electron chi connectivity index (χ3n) is 3.95. The van der Waals surface area contributed by atoms with Crippen molar-refractivity contribution >= 4 is 34.9 Å². The Kier molecular flexibility index (Phi) is 5.70. The molecule has 1 saturated heterocycles. The monoisotopic (exact) mass is 375 g/mol. The van der Waals surface area contributed by atoms with E-state index in [1.807, 2.05) is 0 Å². The number of amides is 1. The fourth-order valence-corrected chi connectivity index (χ4v) is 2.76. The van der Waals surface area contributed by atoms with Crippen molar-refractivity contribution in [3.8, 4) is 0 Å². The maximum Gasteiger partial charge on any atom is 0.337 e. The largest absolute Gasteiger partial charge is 0.465 e. The number of hydrogen-bond acceptors (Lipinski definition) is 6. The van der Waals surface area contributed by atoms with Gasteiger partial charge in [-0.15, -0.1) is 0 Å². The van der Waals surface area contributed by atoms with Crippen molar-refractivity contribution in [2.45, 2.75) is 0 Å². The number of benzene rings is 1. The Morgan fingerprint density at radius 1 is 1.19 bits per heavy atom. The number of nitrogens with one attached hydrogen (secondary N) is 1. The van der Waals surface area contributed by atoms with Crippen LogP contribution in [-0.4, -0.2) is 55.2 Å². The molecule has 0 aliphatic carbocycles. The molecule has 1 aliphatic heterocycles. The highest BCUT2D eigenvalue weighted by molar-refractivity contribution is 6.33. The van der Waals surface area contributed by atoms with Gasteiger partial charge in [0, 0.05) is 19.3 Å². The lowest BCUT2D eigenvalue weighted by atomic mass is 10.2. The molecule has 1 fully saturated rings. The Hall–Kier alpha value is -2.64. The fraction of sp³-hybridized carbons (Fsp3) is 0.278. The third kappa shape index (κ3) is 4.12. The van der Waals surface area contributed by atoms with Crippen LogP contribution in [0.5, 0.6) is 0 Å². The second kappa shape index (κ2) is 8.16. The fourth-order valence-electron chi connectivity index (χ4n) is 2.60. The molecule has 2 heterocycles. The summed E-state index contributed by atoms with van der Waals surface area (Å²) < 4.78 is 9.98. The van der Waals surface area contributed by atoms with E-state index in [0.717, 1.165) is 0 Å². The maximum atomic E-state index is 12.6. The average Bonchev–Trinajstić information content (AvgIpc) is 2.69. The van der Waals surface area contributed by atoms with E-state index in [1.54, 1.807) is 35.4 Å². The van der Waals surface area contributed by atoms with Gasteiger partial charge in [-0.3, -0.25) is 9.78 Å². The Balaban J connectivity index is 1.80. The first-order valence-electron chi connectivity index (χ1n) is 8.05. The molecule has 0 spiro atoms. The SMILES string of the molecule is COC(=O)c1ccc(Cl)c(Nc2cncc(C(=O)N3CCOCC3)c2)c1. The lowest BCUT2D eigenvalue weighted by Crippen LogP contribution is -2.40. The predicted octanol–water partition coefficient (Wildman–Crippen LogP) is 2.74. The van der Waals surface area contributed by atoms with Gasteiger partial charge in [-0.05, 0) is 24.3 Å². The van der Waals surface area contributed by atoms with Gasteiger partial charge in [-0.25, -0.2) is 4.79 Å². The van der Waals surface area contributed by atoms with Crippen LogP contribution >= 0.6 is 11.6 Å². The number of carbonyl (C=O) groups excluding carboxylic acids is 2. The molecule has 0 bridgehead atoms. The molecule has 0 unspecified atom stereocenters. The van der Waals surface area contributed by atoms with Crippen molar-refractivity contribution in [3.63, 3.8) is 0 Å². The normalized spacial score (nSPS) is 14.0. The third-order valence-corrected chi connectivity index (χ3v) is 4.28. The number of aromatic nitrogens is 1. The minimum Gasteiger partial charge on any atom is -0.465 e. The molecule has 3 rings (SSSR count). The van der Waals surface area contributed by atoms with Gasteiger partial charge in [0.25, 0.3) is 5.91 Å². The molecule has 1 aliphatic rings. The van der Waals surface area contributed by atoms with Crippen LogP contribution in [0.25, 0.3) is 0 Å². The number of halogens is 1. The first kappa shape index (κ1) is 18.2. The van der Waals surface area contributed by atoms with Crippen LogP contribution < -0.4 is 5.32 Å². The molecule has 1 amide bonds. The van der Waals surface area contributed by atoms with Crippen LogP contribution in [0.15, 0.2) is 36.7 Å². The topological polar surface area (TPSA) is 80.8 Å². The summed E-state index contributed by atoms with van der Waals surface area (Å²) in [7, 11) is 1.31. The quantitative estimate of drug-likeness (QED) is 0.827. The zero-order valence-corrected chi connectivity index (χ0v) is 15.0. The highest BCUT2D eigenvalue weighted by atomic mass is 35.5. The summed E-state index contributed by atoms with van der Waals surface area (Å²) in [5.74, 6) is -0.557. The molecule has 0 saturated carbocycles. The number of esters is 1. The Bertz CT molecular complexity index is 822. The molecule has 0 radical (unpaired) electrons. The lowest BCUT2D eigenvalue weighted by Gasteiger charge is -2.26. The molecule has 1 N–H and O–H groups in total. The number of methoxy groups -OCH3 is 1. The van der Waals surface area contributed by atoms with Crippen molar-refractivity contribution in [2.75, 3.05) is 38.7 Å². The van der Waals surface area contributed by atoms with Gasteiger partial charge in [0.05, 0.1) is 54.0 Å². The highest BCUT2D eigenvalue weighted by Gasteiger charge is 2.19. The molecule has 136 valence electrons. The van der Waals surface area contributed by atoms with E-state index in [-0.39, 0.29) is 5.91 Å². The molecule has 26 heavy (non-hydrogen) atoms. The lowest BCUT2D eigenvalue weighted by molar-refractivity contribution is 0.0302. The zero-order chi connectivity index (χ0) is 18.5. The number of morpholine rings is 1. The highest BCUT2D eigenvalue weighted by Crippen LogP contribution is 2.27. The molecule has 2 aromatic rings. The minimum absolute atomic E-state index is 0.0983. The standard InChI is InChI=1S/C18H18ClN3O4/c1-25-18(24)12-2-3-15(19)16(9-12)21-14-8-13(10-20-11-14)17(23)22-4-6-26-7-5-22/h2-3,8-11,21H,4-7H2,1H3. The molecule has 8 heteroatoms. The Morgan fingerprint density at radius 2 is 1.96 bits per heavy atom. The van der Waals surface area contributed by atoms with Crippen molar-refractivity contribution < 1.29 is 19.1 Å². The number of hydrogen-bond donors (Lipinski definition) is 1. The van der Waals surface area contributed by atoms with Gasteiger partial charge >= 0.3 is 5.97 Å². The van der Waals surface area contributed by atoms with Crippen LogP contribution in [0.3, 0.4) is 0 Å². The van der Waals surface area contributed by atoms with Crippen LogP contribution in [0, 0.1) is 0 Å². The molecule has 7 nitrogen and oxygen atoms in total. The molecule has 1 aromatic heterocycles. The van der Waals surface area contributed by atoms with Crippen molar-refractivity contribution in [3.05, 3.63) is 52.8 Å². The summed E-state index contributed by atoms with van der Waals surface area (Å²) >= 11 is 6.19. The number of rotatable bonds is 4. The molecule has 0 atom stereocenters. The molecular weight excluding hydrogens is 358 g/mol. The van der Waals surface area contributed by atoms with Crippen molar-refractivity contribution in [2.24, 2.45) is 0 Å². The van der Waals surface area contributed by atoms with E-state index in [4.69, 9.17) is 21.1 Å². The Labute approximate surface area is 155 Å². The van der Waals surface area contributed by atoms with Crippen LogP contribution in [-0.2, 0) is 9.47 Å². The van der Waals surface area contributed by atoms with E-state index < -0.39 is 5.97 Å². The van der Waals surface area contributed by atoms with Crippen LogP contribution in [0.4, 0.5) is 11.4 Å². The van der Waals surface area contributed by atoms with Gasteiger partial charge in [0.15, 0.2) is 0 Å². The number of pyridine rings is 1. The van der Waals surface area contributed by atoms with Crippen LogP contribution in [0.1, 0.15) is 20.7 Å². The predicted molar refractivity (Wildman–Crippen MR) is 97.0 cm³/mol. The van der Waals surface area contributed by atoms with Gasteiger partial charge < -0.3 is 19.7 Å². The van der Waals surface area contributed by atoms with Crippen LogP contribution in [0.2, 0.25) is 5.02 Å². The van der Waals surface area contributed by atoms with E-state index in [2.05, 4.69) is 10.3 Å². The average molecular weight is 376 g/mol. The summed E-state index contributed by atoms with van der Waals surface area (Å²) in [6.07, 6.45) is 3.10. The second-order valence-electron chi connectivity index (χ2n) is 5.68. The van der Waals surface area contributed by atoms with Gasteiger partial charge in [-0.2, -0.15) is 0 Å². The number of anilines is 2. The van der Waals surface area contributed by atoms with Gasteiger partial charge in [0.2, 0.25) is 0 Å². The molecule has 1 aromatic carbocycles. The zero-order valence-electron chi connectivity index (χ0n) is 14.2. The first-order valence-corrected chi connectivity index (χ1v) is 8.43.